The number of anilines is 3. The molecule has 0 aliphatic rings. The smallest absolute Gasteiger partial charge is 0.244 e. The second-order valence-corrected chi connectivity index (χ2v) is 7.49. The lowest BCUT2D eigenvalue weighted by Crippen LogP contribution is -2.26. The van der Waals surface area contributed by atoms with Crippen LogP contribution in [0.5, 0.6) is 0 Å². The molecule has 146 valence electrons. The van der Waals surface area contributed by atoms with E-state index in [2.05, 4.69) is 73.9 Å². The Balaban J connectivity index is 1.54. The lowest BCUT2D eigenvalue weighted by molar-refractivity contribution is 0.766. The van der Waals surface area contributed by atoms with Crippen molar-refractivity contribution in [1.82, 2.24) is 25.8 Å². The molecule has 3 aromatic rings. The predicted octanol–water partition coefficient (Wildman–Crippen LogP) is 2.92. The normalized spacial score (nSPS) is 10.5. The standard InChI is InChI=1S/C17H19Br2N9/c18-13-5-1-11(2-6-13)9-21-27-16-23-15(26-20)24-17(25-16)28-22-10-12-3-7-14(19)8-4-12/h1-8,21-22H,9-10,20H2,(H3,23,24,25,26,27,28). The van der Waals surface area contributed by atoms with Crippen LogP contribution in [0.4, 0.5) is 17.8 Å². The molecular weight excluding hydrogens is 490 g/mol. The predicted molar refractivity (Wildman–Crippen MR) is 117 cm³/mol. The monoisotopic (exact) mass is 507 g/mol. The molecule has 2 aromatic carbocycles. The molecule has 0 radical (unpaired) electrons. The number of nitrogens with two attached hydrogens (primary N) is 1. The van der Waals surface area contributed by atoms with Crippen molar-refractivity contribution in [3.63, 3.8) is 0 Å². The van der Waals surface area contributed by atoms with Crippen LogP contribution in [0.1, 0.15) is 11.1 Å². The molecule has 1 aromatic heterocycles. The van der Waals surface area contributed by atoms with Gasteiger partial charge in [-0.3, -0.25) is 16.3 Å². The maximum Gasteiger partial charge on any atom is 0.244 e. The Morgan fingerprint density at radius 1 is 0.643 bits per heavy atom. The average molecular weight is 509 g/mol. The van der Waals surface area contributed by atoms with Crippen LogP contribution < -0.4 is 33.0 Å². The van der Waals surface area contributed by atoms with Crippen LogP contribution in [0.3, 0.4) is 0 Å². The first-order valence-corrected chi connectivity index (χ1v) is 9.90. The van der Waals surface area contributed by atoms with E-state index >= 15 is 0 Å². The molecule has 0 amide bonds. The molecule has 0 aliphatic heterocycles. The zero-order valence-corrected chi connectivity index (χ0v) is 17.9. The van der Waals surface area contributed by atoms with Gasteiger partial charge < -0.3 is 0 Å². The molecule has 11 heteroatoms. The zero-order valence-electron chi connectivity index (χ0n) is 14.7. The molecule has 0 unspecified atom stereocenters. The van der Waals surface area contributed by atoms with Gasteiger partial charge in [0, 0.05) is 22.0 Å². The molecule has 0 spiro atoms. The van der Waals surface area contributed by atoms with Crippen molar-refractivity contribution in [3.05, 3.63) is 68.6 Å². The minimum atomic E-state index is 0.232. The van der Waals surface area contributed by atoms with Crippen molar-refractivity contribution in [3.8, 4) is 0 Å². The fraction of sp³-hybridized carbons (Fsp3) is 0.118. The lowest BCUT2D eigenvalue weighted by atomic mass is 10.2. The first-order valence-electron chi connectivity index (χ1n) is 8.32. The van der Waals surface area contributed by atoms with E-state index in [0.717, 1.165) is 20.1 Å². The number of hydrogen-bond acceptors (Lipinski definition) is 9. The fourth-order valence-corrected chi connectivity index (χ4v) is 2.74. The summed E-state index contributed by atoms with van der Waals surface area (Å²) in [4.78, 5) is 12.6. The van der Waals surface area contributed by atoms with E-state index in [0.29, 0.717) is 25.0 Å². The summed E-state index contributed by atoms with van der Waals surface area (Å²) in [7, 11) is 0. The SMILES string of the molecule is NNc1nc(NNCc2ccc(Br)cc2)nc(NNCc2ccc(Br)cc2)n1. The highest BCUT2D eigenvalue weighted by molar-refractivity contribution is 9.10. The van der Waals surface area contributed by atoms with Gasteiger partial charge in [0.2, 0.25) is 17.8 Å². The van der Waals surface area contributed by atoms with E-state index < -0.39 is 0 Å². The van der Waals surface area contributed by atoms with Gasteiger partial charge in [-0.2, -0.15) is 15.0 Å². The highest BCUT2D eigenvalue weighted by Gasteiger charge is 2.05. The summed E-state index contributed by atoms with van der Waals surface area (Å²) in [6.07, 6.45) is 0. The summed E-state index contributed by atoms with van der Waals surface area (Å²) in [6, 6.07) is 16.0. The lowest BCUT2D eigenvalue weighted by Gasteiger charge is -2.11. The first-order chi connectivity index (χ1) is 13.6. The van der Waals surface area contributed by atoms with Crippen LogP contribution in [0.15, 0.2) is 57.5 Å². The largest absolute Gasteiger partial charge is 0.292 e. The van der Waals surface area contributed by atoms with E-state index in [4.69, 9.17) is 5.84 Å². The van der Waals surface area contributed by atoms with Crippen LogP contribution in [-0.4, -0.2) is 15.0 Å². The van der Waals surface area contributed by atoms with Crippen molar-refractivity contribution < 1.29 is 0 Å². The fourth-order valence-electron chi connectivity index (χ4n) is 2.21. The van der Waals surface area contributed by atoms with Crippen molar-refractivity contribution in [2.24, 2.45) is 5.84 Å². The Labute approximate surface area is 179 Å². The van der Waals surface area contributed by atoms with Crippen LogP contribution in [0.25, 0.3) is 0 Å². The number of hydrazine groups is 3. The van der Waals surface area contributed by atoms with Crippen LogP contribution in [0.2, 0.25) is 0 Å². The number of nitrogens with one attached hydrogen (secondary N) is 5. The molecule has 3 rings (SSSR count). The second-order valence-electron chi connectivity index (χ2n) is 5.66. The van der Waals surface area contributed by atoms with E-state index in [9.17, 15) is 0 Å². The Morgan fingerprint density at radius 2 is 1.04 bits per heavy atom. The van der Waals surface area contributed by atoms with Gasteiger partial charge in [0.15, 0.2) is 0 Å². The summed E-state index contributed by atoms with van der Waals surface area (Å²) < 4.78 is 2.07. The summed E-state index contributed by atoms with van der Waals surface area (Å²) in [5, 5.41) is 0. The highest BCUT2D eigenvalue weighted by Crippen LogP contribution is 2.12. The summed E-state index contributed by atoms with van der Waals surface area (Å²) in [5.41, 5.74) is 16.7. The molecular formula is C17H19Br2N9. The second kappa shape index (κ2) is 10.3. The zero-order chi connectivity index (χ0) is 19.8. The maximum atomic E-state index is 5.45. The van der Waals surface area contributed by atoms with Gasteiger partial charge in [0.1, 0.15) is 0 Å². The number of hydrogen-bond donors (Lipinski definition) is 6. The number of nitrogens with zero attached hydrogens (tertiary/aromatic N) is 3. The number of benzene rings is 2. The quantitative estimate of drug-likeness (QED) is 0.191. The average Bonchev–Trinajstić information content (AvgIpc) is 2.71. The van der Waals surface area contributed by atoms with Gasteiger partial charge in [-0.15, -0.1) is 0 Å². The third-order valence-electron chi connectivity index (χ3n) is 3.58. The third-order valence-corrected chi connectivity index (χ3v) is 4.63. The van der Waals surface area contributed by atoms with Gasteiger partial charge >= 0.3 is 0 Å². The summed E-state index contributed by atoms with van der Waals surface area (Å²) in [5.74, 6) is 6.33. The van der Waals surface area contributed by atoms with E-state index in [-0.39, 0.29) is 5.95 Å². The molecule has 28 heavy (non-hydrogen) atoms. The first kappa shape index (κ1) is 20.4. The third kappa shape index (κ3) is 6.39. The topological polar surface area (TPSA) is 125 Å². The minimum absolute atomic E-state index is 0.232. The Bertz CT molecular complexity index is 818. The number of rotatable bonds is 9. The van der Waals surface area contributed by atoms with E-state index in [1.807, 2.05) is 48.5 Å². The number of nitrogen functional groups attached to an aromatic ring is 1. The van der Waals surface area contributed by atoms with Crippen LogP contribution in [0, 0.1) is 0 Å². The van der Waals surface area contributed by atoms with Gasteiger partial charge in [0.05, 0.1) is 0 Å². The Kier molecular flexibility index (Phi) is 7.51. The van der Waals surface area contributed by atoms with Crippen molar-refractivity contribution in [2.75, 3.05) is 16.3 Å². The molecule has 0 atom stereocenters. The molecule has 7 N–H and O–H groups in total. The molecule has 0 saturated carbocycles. The maximum absolute atomic E-state index is 5.45. The molecule has 0 fully saturated rings. The van der Waals surface area contributed by atoms with Crippen LogP contribution >= 0.6 is 31.9 Å². The Hall–Kier alpha value is -2.31. The van der Waals surface area contributed by atoms with E-state index in [1.54, 1.807) is 0 Å². The molecule has 0 aliphatic carbocycles. The van der Waals surface area contributed by atoms with Gasteiger partial charge in [-0.05, 0) is 35.4 Å². The van der Waals surface area contributed by atoms with Crippen molar-refractivity contribution in [1.29, 1.82) is 0 Å². The number of halogens is 2. The summed E-state index contributed by atoms with van der Waals surface area (Å²) >= 11 is 6.83. The van der Waals surface area contributed by atoms with Gasteiger partial charge in [-0.1, -0.05) is 56.1 Å². The molecule has 1 heterocycles. The van der Waals surface area contributed by atoms with E-state index in [1.165, 1.54) is 0 Å². The highest BCUT2D eigenvalue weighted by atomic mass is 79.9. The molecule has 0 saturated heterocycles. The van der Waals surface area contributed by atoms with Crippen molar-refractivity contribution in [2.45, 2.75) is 13.1 Å². The van der Waals surface area contributed by atoms with Gasteiger partial charge in [-0.25, -0.2) is 16.7 Å². The number of aromatic nitrogens is 3. The molecule has 9 nitrogen and oxygen atoms in total. The minimum Gasteiger partial charge on any atom is -0.292 e. The molecule has 0 bridgehead atoms. The van der Waals surface area contributed by atoms with Gasteiger partial charge in [0.25, 0.3) is 0 Å². The van der Waals surface area contributed by atoms with Crippen LogP contribution in [-0.2, 0) is 13.1 Å². The van der Waals surface area contributed by atoms with Crippen molar-refractivity contribution >= 4 is 49.7 Å². The summed E-state index contributed by atoms with van der Waals surface area (Å²) in [6.45, 7) is 1.18. The Morgan fingerprint density at radius 3 is 1.43 bits per heavy atom.